The average molecular weight is 294 g/mol. The summed E-state index contributed by atoms with van der Waals surface area (Å²) in [6.07, 6.45) is 1.38. The van der Waals surface area contributed by atoms with Crippen LogP contribution >= 0.6 is 12.2 Å². The van der Waals surface area contributed by atoms with Gasteiger partial charge in [0.25, 0.3) is 5.91 Å². The fourth-order valence-electron chi connectivity index (χ4n) is 2.05. The third-order valence-corrected chi connectivity index (χ3v) is 3.33. The summed E-state index contributed by atoms with van der Waals surface area (Å²) in [5.74, 6) is -0.173. The summed E-state index contributed by atoms with van der Waals surface area (Å²) in [6, 6.07) is 3.64. The quantitative estimate of drug-likeness (QED) is 0.779. The molecule has 0 radical (unpaired) electrons. The van der Waals surface area contributed by atoms with Crippen molar-refractivity contribution in [2.24, 2.45) is 5.73 Å². The van der Waals surface area contributed by atoms with Gasteiger partial charge in [0.05, 0.1) is 13.2 Å². The minimum Gasteiger partial charge on any atom is -0.391 e. The standard InChI is InChI=1S/C13H18N4O2S/c1-2-15-13(18)10-7-9(3-4-16-10)17-5-6-19-11(8-17)12(14)20/h3-4,7,11H,2,5-6,8H2,1H3,(H2,14,20)(H,15,18). The summed E-state index contributed by atoms with van der Waals surface area (Å²) in [5, 5.41) is 2.73. The van der Waals surface area contributed by atoms with E-state index in [1.54, 1.807) is 12.3 Å². The molecule has 0 aliphatic carbocycles. The minimum absolute atomic E-state index is 0.173. The van der Waals surface area contributed by atoms with Crippen molar-refractivity contribution in [1.29, 1.82) is 0 Å². The second-order valence-corrected chi connectivity index (χ2v) is 4.94. The molecule has 1 unspecified atom stereocenters. The first-order valence-electron chi connectivity index (χ1n) is 6.52. The average Bonchev–Trinajstić information content (AvgIpc) is 2.48. The molecule has 1 atom stereocenters. The van der Waals surface area contributed by atoms with Gasteiger partial charge in [-0.05, 0) is 19.1 Å². The van der Waals surface area contributed by atoms with E-state index >= 15 is 0 Å². The molecule has 1 aliphatic rings. The molecule has 108 valence electrons. The van der Waals surface area contributed by atoms with Gasteiger partial charge in [0.2, 0.25) is 0 Å². The van der Waals surface area contributed by atoms with Crippen LogP contribution in [0.3, 0.4) is 0 Å². The number of amides is 1. The van der Waals surface area contributed by atoms with Gasteiger partial charge in [-0.3, -0.25) is 9.78 Å². The summed E-state index contributed by atoms with van der Waals surface area (Å²) in [5.41, 5.74) is 6.96. The number of nitrogens with two attached hydrogens (primary N) is 1. The maximum absolute atomic E-state index is 11.8. The SMILES string of the molecule is CCNC(=O)c1cc(N2CCOC(C(N)=S)C2)ccn1. The van der Waals surface area contributed by atoms with Crippen molar-refractivity contribution >= 4 is 28.8 Å². The fraction of sp³-hybridized carbons (Fsp3) is 0.462. The maximum Gasteiger partial charge on any atom is 0.269 e. The Hall–Kier alpha value is -1.73. The molecule has 3 N–H and O–H groups in total. The molecule has 7 heteroatoms. The lowest BCUT2D eigenvalue weighted by Crippen LogP contribution is -2.47. The minimum atomic E-state index is -0.250. The normalized spacial score (nSPS) is 18.6. The summed E-state index contributed by atoms with van der Waals surface area (Å²) in [6.45, 7) is 4.33. The molecule has 2 heterocycles. The van der Waals surface area contributed by atoms with E-state index in [9.17, 15) is 4.79 Å². The van der Waals surface area contributed by atoms with Crippen molar-refractivity contribution in [3.63, 3.8) is 0 Å². The van der Waals surface area contributed by atoms with Crippen LogP contribution in [-0.4, -0.2) is 48.2 Å². The van der Waals surface area contributed by atoms with Crippen LogP contribution in [0.1, 0.15) is 17.4 Å². The van der Waals surface area contributed by atoms with Gasteiger partial charge in [-0.25, -0.2) is 0 Å². The van der Waals surface area contributed by atoms with Gasteiger partial charge in [0, 0.05) is 25.0 Å². The molecule has 20 heavy (non-hydrogen) atoms. The van der Waals surface area contributed by atoms with Crippen molar-refractivity contribution in [2.75, 3.05) is 31.1 Å². The van der Waals surface area contributed by atoms with Crippen LogP contribution < -0.4 is 16.0 Å². The zero-order valence-corrected chi connectivity index (χ0v) is 12.2. The fourth-order valence-corrected chi connectivity index (χ4v) is 2.19. The molecule has 2 rings (SSSR count). The van der Waals surface area contributed by atoms with Crippen LogP contribution in [0.5, 0.6) is 0 Å². The molecule has 6 nitrogen and oxygen atoms in total. The van der Waals surface area contributed by atoms with Crippen LogP contribution in [0, 0.1) is 0 Å². The monoisotopic (exact) mass is 294 g/mol. The van der Waals surface area contributed by atoms with Crippen LogP contribution in [0.2, 0.25) is 0 Å². The maximum atomic E-state index is 11.8. The number of nitrogens with zero attached hydrogens (tertiary/aromatic N) is 2. The largest absolute Gasteiger partial charge is 0.391 e. The molecule has 1 fully saturated rings. The zero-order valence-electron chi connectivity index (χ0n) is 11.3. The highest BCUT2D eigenvalue weighted by Gasteiger charge is 2.23. The highest BCUT2D eigenvalue weighted by Crippen LogP contribution is 2.18. The summed E-state index contributed by atoms with van der Waals surface area (Å²) >= 11 is 4.97. The number of aromatic nitrogens is 1. The molecule has 0 saturated carbocycles. The number of thiocarbonyl (C=S) groups is 1. The number of ether oxygens (including phenoxy) is 1. The number of carbonyl (C=O) groups is 1. The van der Waals surface area contributed by atoms with Gasteiger partial charge in [0.1, 0.15) is 16.8 Å². The Morgan fingerprint density at radius 2 is 2.50 bits per heavy atom. The van der Waals surface area contributed by atoms with Gasteiger partial charge in [-0.1, -0.05) is 12.2 Å². The van der Waals surface area contributed by atoms with E-state index in [4.69, 9.17) is 22.7 Å². The van der Waals surface area contributed by atoms with Crippen molar-refractivity contribution in [2.45, 2.75) is 13.0 Å². The third kappa shape index (κ3) is 3.43. The molecule has 1 aromatic rings. The van der Waals surface area contributed by atoms with Gasteiger partial charge < -0.3 is 20.7 Å². The van der Waals surface area contributed by atoms with E-state index in [0.717, 1.165) is 12.2 Å². The highest BCUT2D eigenvalue weighted by atomic mass is 32.1. The predicted molar refractivity (Wildman–Crippen MR) is 81.0 cm³/mol. The van der Waals surface area contributed by atoms with Gasteiger partial charge in [0.15, 0.2) is 0 Å². The van der Waals surface area contributed by atoms with E-state index in [2.05, 4.69) is 15.2 Å². The number of morpholine rings is 1. The van der Waals surface area contributed by atoms with Gasteiger partial charge in [-0.2, -0.15) is 0 Å². The Balaban J connectivity index is 2.14. The number of pyridine rings is 1. The first kappa shape index (κ1) is 14.7. The second kappa shape index (κ2) is 6.62. The summed E-state index contributed by atoms with van der Waals surface area (Å²) in [7, 11) is 0. The number of hydrogen-bond donors (Lipinski definition) is 2. The van der Waals surface area contributed by atoms with Crippen LogP contribution in [0.4, 0.5) is 5.69 Å². The van der Waals surface area contributed by atoms with Crippen molar-refractivity contribution in [3.05, 3.63) is 24.0 Å². The second-order valence-electron chi connectivity index (χ2n) is 4.47. The smallest absolute Gasteiger partial charge is 0.269 e. The summed E-state index contributed by atoms with van der Waals surface area (Å²) < 4.78 is 5.50. The molecule has 1 saturated heterocycles. The predicted octanol–water partition coefficient (Wildman–Crippen LogP) is 0.323. The van der Waals surface area contributed by atoms with Gasteiger partial charge in [-0.15, -0.1) is 0 Å². The Kier molecular flexibility index (Phi) is 4.86. The van der Waals surface area contributed by atoms with Crippen molar-refractivity contribution < 1.29 is 9.53 Å². The Morgan fingerprint density at radius 1 is 1.70 bits per heavy atom. The number of rotatable bonds is 4. The molecule has 0 bridgehead atoms. The third-order valence-electron chi connectivity index (χ3n) is 3.06. The van der Waals surface area contributed by atoms with Crippen molar-refractivity contribution in [3.8, 4) is 0 Å². The number of nitrogens with one attached hydrogen (secondary N) is 1. The molecular weight excluding hydrogens is 276 g/mol. The Morgan fingerprint density at radius 3 is 3.20 bits per heavy atom. The first-order chi connectivity index (χ1) is 9.61. The lowest BCUT2D eigenvalue weighted by atomic mass is 10.2. The topological polar surface area (TPSA) is 80.5 Å². The molecule has 1 aromatic heterocycles. The Bertz CT molecular complexity index is 509. The lowest BCUT2D eigenvalue weighted by molar-refractivity contribution is 0.0847. The van der Waals surface area contributed by atoms with E-state index in [1.165, 1.54) is 0 Å². The number of anilines is 1. The van der Waals surface area contributed by atoms with E-state index in [1.807, 2.05) is 13.0 Å². The van der Waals surface area contributed by atoms with Gasteiger partial charge >= 0.3 is 0 Å². The van der Waals surface area contributed by atoms with Crippen molar-refractivity contribution in [1.82, 2.24) is 10.3 Å². The van der Waals surface area contributed by atoms with Crippen LogP contribution in [0.15, 0.2) is 18.3 Å². The number of hydrogen-bond acceptors (Lipinski definition) is 5. The van der Waals surface area contributed by atoms with E-state index < -0.39 is 0 Å². The molecular formula is C13H18N4O2S. The van der Waals surface area contributed by atoms with Crippen LogP contribution in [-0.2, 0) is 4.74 Å². The number of carbonyl (C=O) groups excluding carboxylic acids is 1. The van der Waals surface area contributed by atoms with E-state index in [0.29, 0.717) is 30.4 Å². The summed E-state index contributed by atoms with van der Waals surface area (Å²) in [4.78, 5) is 18.3. The molecule has 0 aromatic carbocycles. The van der Waals surface area contributed by atoms with Crippen LogP contribution in [0.25, 0.3) is 0 Å². The zero-order chi connectivity index (χ0) is 14.5. The molecule has 0 spiro atoms. The Labute approximate surface area is 123 Å². The highest BCUT2D eigenvalue weighted by molar-refractivity contribution is 7.80. The molecule has 1 amide bonds. The van der Waals surface area contributed by atoms with E-state index in [-0.39, 0.29) is 12.0 Å². The first-order valence-corrected chi connectivity index (χ1v) is 6.92. The lowest BCUT2D eigenvalue weighted by Gasteiger charge is -2.34. The molecule has 1 aliphatic heterocycles.